The molecule has 0 spiro atoms. The lowest BCUT2D eigenvalue weighted by atomic mass is 9.82. The van der Waals surface area contributed by atoms with Gasteiger partial charge in [0.15, 0.2) is 5.60 Å². The summed E-state index contributed by atoms with van der Waals surface area (Å²) in [6.07, 6.45) is 4.99. The number of rotatable bonds is 11. The number of hydrogen-bond donors (Lipinski definition) is 4. The minimum atomic E-state index is -2.01. The molecule has 1 saturated heterocycles. The van der Waals surface area contributed by atoms with Crippen molar-refractivity contribution in [3.63, 3.8) is 0 Å². The SMILES string of the molecule is C[C@H](/C=C/CC(=O)N1CCC[C@H]1CO)[C@@]1(O)C(=O)N(Cc2cccc(NC(=O)c3ccccc3)c2)c2ccc(NC(=O)c3ccccc3)cc21. The number of benzene rings is 4. The molecule has 0 aliphatic carbocycles. The molecule has 1 fully saturated rings. The Labute approximate surface area is 291 Å². The minimum absolute atomic E-state index is 0.0658. The van der Waals surface area contributed by atoms with Gasteiger partial charge in [0.25, 0.3) is 17.7 Å². The Hall–Kier alpha value is -5.58. The van der Waals surface area contributed by atoms with Gasteiger partial charge in [-0.25, -0.2) is 0 Å². The van der Waals surface area contributed by atoms with Gasteiger partial charge in [-0.1, -0.05) is 67.6 Å². The van der Waals surface area contributed by atoms with Crippen molar-refractivity contribution < 1.29 is 29.4 Å². The van der Waals surface area contributed by atoms with Crippen LogP contribution in [0.2, 0.25) is 0 Å². The van der Waals surface area contributed by atoms with E-state index in [9.17, 15) is 29.4 Å². The lowest BCUT2D eigenvalue weighted by molar-refractivity contribution is -0.139. The molecule has 2 heterocycles. The summed E-state index contributed by atoms with van der Waals surface area (Å²) in [6.45, 7) is 2.32. The summed E-state index contributed by atoms with van der Waals surface area (Å²) in [4.78, 5) is 56.2. The Morgan fingerprint density at radius 3 is 2.16 bits per heavy atom. The van der Waals surface area contributed by atoms with Crippen molar-refractivity contribution in [1.29, 1.82) is 0 Å². The molecular weight excluding hydrogens is 632 g/mol. The van der Waals surface area contributed by atoms with Crippen LogP contribution in [0.1, 0.15) is 58.0 Å². The first-order valence-corrected chi connectivity index (χ1v) is 16.8. The number of hydrogen-bond acceptors (Lipinski definition) is 6. The van der Waals surface area contributed by atoms with Crippen LogP contribution in [0.15, 0.2) is 115 Å². The molecule has 10 heteroatoms. The molecule has 0 bridgehead atoms. The van der Waals surface area contributed by atoms with Crippen LogP contribution in [0, 0.1) is 5.92 Å². The number of nitrogens with zero attached hydrogens (tertiary/aromatic N) is 2. The topological polar surface area (TPSA) is 139 Å². The summed E-state index contributed by atoms with van der Waals surface area (Å²) in [5.74, 6) is -2.03. The van der Waals surface area contributed by atoms with E-state index in [1.54, 1.807) is 109 Å². The predicted octanol–water partition coefficient (Wildman–Crippen LogP) is 5.49. The zero-order valence-corrected chi connectivity index (χ0v) is 27.8. The van der Waals surface area contributed by atoms with Crippen LogP contribution in [-0.2, 0) is 21.7 Å². The molecule has 256 valence electrons. The minimum Gasteiger partial charge on any atom is -0.394 e. The van der Waals surface area contributed by atoms with Gasteiger partial charge < -0.3 is 30.6 Å². The van der Waals surface area contributed by atoms with Gasteiger partial charge in [-0.05, 0) is 73.0 Å². The first-order chi connectivity index (χ1) is 24.2. The van der Waals surface area contributed by atoms with Crippen molar-refractivity contribution in [3.8, 4) is 0 Å². The van der Waals surface area contributed by atoms with Crippen LogP contribution in [0.25, 0.3) is 0 Å². The lowest BCUT2D eigenvalue weighted by Crippen LogP contribution is -2.44. The molecule has 6 rings (SSSR count). The highest BCUT2D eigenvalue weighted by Gasteiger charge is 2.52. The van der Waals surface area contributed by atoms with Gasteiger partial charge in [0.1, 0.15) is 0 Å². The van der Waals surface area contributed by atoms with Crippen LogP contribution in [0.5, 0.6) is 0 Å². The molecule has 0 radical (unpaired) electrons. The normalized spacial score (nSPS) is 19.0. The number of aliphatic hydroxyl groups excluding tert-OH is 1. The van der Waals surface area contributed by atoms with Crippen LogP contribution >= 0.6 is 0 Å². The molecule has 4 amide bonds. The van der Waals surface area contributed by atoms with E-state index in [0.717, 1.165) is 18.4 Å². The maximum atomic E-state index is 14.3. The zero-order valence-electron chi connectivity index (χ0n) is 27.8. The Kier molecular flexibility index (Phi) is 10.2. The molecular formula is C40H40N4O6. The average Bonchev–Trinajstić information content (AvgIpc) is 3.70. The largest absolute Gasteiger partial charge is 0.394 e. The third kappa shape index (κ3) is 7.08. The lowest BCUT2D eigenvalue weighted by Gasteiger charge is -2.28. The number of nitrogens with one attached hydrogen (secondary N) is 2. The van der Waals surface area contributed by atoms with Crippen molar-refractivity contribution in [2.75, 3.05) is 28.7 Å². The molecule has 0 aromatic heterocycles. The molecule has 0 saturated carbocycles. The Morgan fingerprint density at radius 1 is 0.880 bits per heavy atom. The second-order valence-electron chi connectivity index (χ2n) is 12.7. The molecule has 2 aliphatic heterocycles. The zero-order chi connectivity index (χ0) is 35.3. The Morgan fingerprint density at radius 2 is 1.52 bits per heavy atom. The standard InChI is InChI=1S/C40H40N4O6/c1-27(11-8-19-36(46)43-22-10-18-33(43)26-45)40(50)34-24-32(42-38(48)30-15-6-3-7-16-30)20-21-35(34)44(39(40)49)25-28-12-9-17-31(23-28)41-37(47)29-13-4-2-5-14-29/h2-9,11-17,20-21,23-24,27,33,45,50H,10,18-19,22,25-26H2,1H3,(H,41,47)(H,42,48)/b11-8+/t27-,33+,40+/m1/s1. The number of aliphatic hydroxyl groups is 2. The smallest absolute Gasteiger partial charge is 0.264 e. The molecule has 2 aliphatic rings. The fourth-order valence-electron chi connectivity index (χ4n) is 6.68. The van der Waals surface area contributed by atoms with E-state index >= 15 is 0 Å². The van der Waals surface area contributed by atoms with Gasteiger partial charge in [-0.3, -0.25) is 19.2 Å². The number of likely N-dealkylation sites (tertiary alicyclic amines) is 1. The van der Waals surface area contributed by atoms with Gasteiger partial charge in [0, 0.05) is 46.9 Å². The summed E-state index contributed by atoms with van der Waals surface area (Å²) < 4.78 is 0. The van der Waals surface area contributed by atoms with E-state index < -0.39 is 17.4 Å². The quantitative estimate of drug-likeness (QED) is 0.156. The van der Waals surface area contributed by atoms with Crippen LogP contribution in [-0.4, -0.2) is 57.9 Å². The monoisotopic (exact) mass is 672 g/mol. The summed E-state index contributed by atoms with van der Waals surface area (Å²) in [6, 6.07) is 29.6. The maximum absolute atomic E-state index is 14.3. The Bertz CT molecular complexity index is 1910. The number of amides is 4. The molecule has 0 unspecified atom stereocenters. The van der Waals surface area contributed by atoms with Gasteiger partial charge in [0.2, 0.25) is 5.91 Å². The van der Waals surface area contributed by atoms with E-state index in [4.69, 9.17) is 0 Å². The highest BCUT2D eigenvalue weighted by Crippen LogP contribution is 2.47. The number of carbonyl (C=O) groups excluding carboxylic acids is 4. The van der Waals surface area contributed by atoms with E-state index in [2.05, 4.69) is 10.6 Å². The third-order valence-electron chi connectivity index (χ3n) is 9.41. The van der Waals surface area contributed by atoms with Crippen molar-refractivity contribution >= 4 is 40.7 Å². The maximum Gasteiger partial charge on any atom is 0.264 e. The van der Waals surface area contributed by atoms with E-state index in [-0.39, 0.29) is 43.3 Å². The molecule has 50 heavy (non-hydrogen) atoms. The first-order valence-electron chi connectivity index (χ1n) is 16.8. The van der Waals surface area contributed by atoms with Crippen molar-refractivity contribution in [3.05, 3.63) is 138 Å². The fraction of sp³-hybridized carbons (Fsp3) is 0.250. The number of anilines is 3. The second kappa shape index (κ2) is 14.9. The Balaban J connectivity index is 1.27. The van der Waals surface area contributed by atoms with Gasteiger partial charge >= 0.3 is 0 Å². The van der Waals surface area contributed by atoms with Crippen LogP contribution < -0.4 is 15.5 Å². The fourth-order valence-corrected chi connectivity index (χ4v) is 6.68. The van der Waals surface area contributed by atoms with E-state index in [1.165, 1.54) is 4.90 Å². The average molecular weight is 673 g/mol. The number of fused-ring (bicyclic) bond motifs is 1. The van der Waals surface area contributed by atoms with E-state index in [0.29, 0.717) is 40.3 Å². The summed E-state index contributed by atoms with van der Waals surface area (Å²) in [7, 11) is 0. The molecule has 10 nitrogen and oxygen atoms in total. The molecule has 4 aromatic carbocycles. The van der Waals surface area contributed by atoms with Gasteiger partial charge in [-0.15, -0.1) is 0 Å². The summed E-state index contributed by atoms with van der Waals surface area (Å²) in [5.41, 5.74) is 1.45. The molecule has 4 N–H and O–H groups in total. The van der Waals surface area contributed by atoms with E-state index in [1.807, 2.05) is 18.2 Å². The molecule has 4 aromatic rings. The second-order valence-corrected chi connectivity index (χ2v) is 12.7. The highest BCUT2D eigenvalue weighted by molar-refractivity contribution is 6.09. The predicted molar refractivity (Wildman–Crippen MR) is 192 cm³/mol. The highest BCUT2D eigenvalue weighted by atomic mass is 16.3. The third-order valence-corrected chi connectivity index (χ3v) is 9.41. The van der Waals surface area contributed by atoms with Crippen molar-refractivity contribution in [1.82, 2.24) is 4.90 Å². The summed E-state index contributed by atoms with van der Waals surface area (Å²) >= 11 is 0. The van der Waals surface area contributed by atoms with Crippen LogP contribution in [0.3, 0.4) is 0 Å². The summed E-state index contributed by atoms with van der Waals surface area (Å²) in [5, 5.41) is 27.7. The van der Waals surface area contributed by atoms with Gasteiger partial charge in [-0.2, -0.15) is 0 Å². The van der Waals surface area contributed by atoms with Gasteiger partial charge in [0.05, 0.1) is 24.9 Å². The number of carbonyl (C=O) groups is 4. The first kappa shape index (κ1) is 34.3. The molecule has 3 atom stereocenters. The van der Waals surface area contributed by atoms with Crippen molar-refractivity contribution in [2.24, 2.45) is 5.92 Å². The van der Waals surface area contributed by atoms with Crippen LogP contribution in [0.4, 0.5) is 17.1 Å². The van der Waals surface area contributed by atoms with Crippen molar-refractivity contribution in [2.45, 2.75) is 44.4 Å².